The highest BCUT2D eigenvalue weighted by Crippen LogP contribution is 2.45. The molecule has 0 unspecified atom stereocenters. The number of aromatic nitrogens is 3. The molecule has 0 fully saturated rings. The monoisotopic (exact) mass is 307 g/mol. The Morgan fingerprint density at radius 2 is 1.81 bits per heavy atom. The average molecular weight is 308 g/mol. The first-order valence-electron chi connectivity index (χ1n) is 4.25. The standard InChI is InChI=1S/C7H7BrF5N3/c1-2-3-16-4(5(8)14-15-16)6(9,10)7(11,12)13/h2-3H2,1H3. The van der Waals surface area contributed by atoms with Crippen molar-refractivity contribution in [3.8, 4) is 0 Å². The van der Waals surface area contributed by atoms with Crippen molar-refractivity contribution in [1.29, 1.82) is 0 Å². The quantitative estimate of drug-likeness (QED) is 0.803. The van der Waals surface area contributed by atoms with E-state index >= 15 is 0 Å². The van der Waals surface area contributed by atoms with Crippen molar-refractivity contribution in [1.82, 2.24) is 15.0 Å². The fourth-order valence-electron chi connectivity index (χ4n) is 1.09. The Morgan fingerprint density at radius 1 is 1.25 bits per heavy atom. The molecule has 0 radical (unpaired) electrons. The number of alkyl halides is 5. The van der Waals surface area contributed by atoms with Gasteiger partial charge < -0.3 is 0 Å². The van der Waals surface area contributed by atoms with Crippen molar-refractivity contribution in [2.75, 3.05) is 0 Å². The summed E-state index contributed by atoms with van der Waals surface area (Å²) in [5.74, 6) is -4.97. The van der Waals surface area contributed by atoms with Gasteiger partial charge in [0.2, 0.25) is 0 Å². The fourth-order valence-corrected chi connectivity index (χ4v) is 1.61. The minimum atomic E-state index is -5.66. The third kappa shape index (κ3) is 2.18. The van der Waals surface area contributed by atoms with Crippen molar-refractivity contribution in [2.45, 2.75) is 32.0 Å². The summed E-state index contributed by atoms with van der Waals surface area (Å²) in [6.07, 6.45) is -5.29. The number of halogens is 6. The zero-order valence-electron chi connectivity index (χ0n) is 8.02. The van der Waals surface area contributed by atoms with E-state index in [0.717, 1.165) is 0 Å². The van der Waals surface area contributed by atoms with Gasteiger partial charge in [0, 0.05) is 6.54 Å². The van der Waals surface area contributed by atoms with Crippen molar-refractivity contribution >= 4 is 15.9 Å². The van der Waals surface area contributed by atoms with Crippen molar-refractivity contribution < 1.29 is 22.0 Å². The molecule has 0 bridgehead atoms. The molecule has 0 atom stereocenters. The van der Waals surface area contributed by atoms with E-state index in [4.69, 9.17) is 0 Å². The van der Waals surface area contributed by atoms with Crippen LogP contribution in [0.1, 0.15) is 19.0 Å². The highest BCUT2D eigenvalue weighted by Gasteiger charge is 2.62. The van der Waals surface area contributed by atoms with Gasteiger partial charge in [-0.25, -0.2) is 4.68 Å². The fraction of sp³-hybridized carbons (Fsp3) is 0.714. The number of nitrogens with zero attached hydrogens (tertiary/aromatic N) is 3. The smallest absolute Gasteiger partial charge is 0.242 e. The summed E-state index contributed by atoms with van der Waals surface area (Å²) in [6, 6.07) is 0. The summed E-state index contributed by atoms with van der Waals surface area (Å²) in [5.41, 5.74) is -1.26. The summed E-state index contributed by atoms with van der Waals surface area (Å²) in [5, 5.41) is 6.39. The average Bonchev–Trinajstić information content (AvgIpc) is 2.46. The lowest BCUT2D eigenvalue weighted by atomic mass is 10.2. The van der Waals surface area contributed by atoms with Gasteiger partial charge in [-0.2, -0.15) is 22.0 Å². The van der Waals surface area contributed by atoms with Gasteiger partial charge in [-0.1, -0.05) is 12.1 Å². The molecule has 0 saturated heterocycles. The number of hydrogen-bond acceptors (Lipinski definition) is 2. The lowest BCUT2D eigenvalue weighted by Crippen LogP contribution is -2.36. The number of aryl methyl sites for hydroxylation is 1. The van der Waals surface area contributed by atoms with Crippen molar-refractivity contribution in [2.24, 2.45) is 0 Å². The highest BCUT2D eigenvalue weighted by molar-refractivity contribution is 9.10. The molecule has 0 aliphatic heterocycles. The van der Waals surface area contributed by atoms with Crippen LogP contribution in [0.4, 0.5) is 22.0 Å². The second-order valence-corrected chi connectivity index (χ2v) is 3.78. The van der Waals surface area contributed by atoms with E-state index in [1.54, 1.807) is 6.92 Å². The zero-order chi connectivity index (χ0) is 12.6. The van der Waals surface area contributed by atoms with E-state index in [1.165, 1.54) is 0 Å². The molecule has 92 valence electrons. The van der Waals surface area contributed by atoms with Crippen LogP contribution in [0, 0.1) is 0 Å². The Morgan fingerprint density at radius 3 is 2.25 bits per heavy atom. The van der Waals surface area contributed by atoms with Gasteiger partial charge in [0.25, 0.3) is 0 Å². The number of rotatable bonds is 3. The predicted molar refractivity (Wildman–Crippen MR) is 48.0 cm³/mol. The molecular weight excluding hydrogens is 301 g/mol. The van der Waals surface area contributed by atoms with Gasteiger partial charge in [0.15, 0.2) is 10.3 Å². The van der Waals surface area contributed by atoms with Crippen LogP contribution in [-0.4, -0.2) is 21.2 Å². The summed E-state index contributed by atoms with van der Waals surface area (Å²) in [4.78, 5) is 0. The van der Waals surface area contributed by atoms with E-state index in [-0.39, 0.29) is 6.54 Å². The van der Waals surface area contributed by atoms with Crippen LogP contribution in [0.25, 0.3) is 0 Å². The molecule has 16 heavy (non-hydrogen) atoms. The molecular formula is C7H7BrF5N3. The van der Waals surface area contributed by atoms with E-state index < -0.39 is 22.4 Å². The molecule has 0 amide bonds. The maximum absolute atomic E-state index is 13.1. The van der Waals surface area contributed by atoms with E-state index in [1.807, 2.05) is 0 Å². The van der Waals surface area contributed by atoms with Crippen LogP contribution >= 0.6 is 15.9 Å². The molecule has 9 heteroatoms. The normalized spacial score (nSPS) is 13.2. The Kier molecular flexibility index (Phi) is 3.56. The first-order chi connectivity index (χ1) is 7.21. The Hall–Kier alpha value is -0.730. The highest BCUT2D eigenvalue weighted by atomic mass is 79.9. The first kappa shape index (κ1) is 13.3. The Labute approximate surface area is 95.7 Å². The maximum atomic E-state index is 13.1. The molecule has 0 aliphatic carbocycles. The second kappa shape index (κ2) is 4.27. The topological polar surface area (TPSA) is 30.7 Å². The maximum Gasteiger partial charge on any atom is 0.459 e. The minimum Gasteiger partial charge on any atom is -0.242 e. The Balaban J connectivity index is 3.25. The van der Waals surface area contributed by atoms with Crippen LogP contribution in [-0.2, 0) is 12.5 Å². The lowest BCUT2D eigenvalue weighted by molar-refractivity contribution is -0.292. The van der Waals surface area contributed by atoms with Gasteiger partial charge in [-0.3, -0.25) is 0 Å². The Bertz CT molecular complexity index is 373. The SMILES string of the molecule is CCCn1nnc(Br)c1C(F)(F)C(F)(F)F. The predicted octanol–water partition coefficient (Wildman–Crippen LogP) is 3.10. The van der Waals surface area contributed by atoms with Crippen LogP contribution < -0.4 is 0 Å². The number of hydrogen-bond donors (Lipinski definition) is 0. The summed E-state index contributed by atoms with van der Waals surface area (Å²) < 4.78 is 62.6. The summed E-state index contributed by atoms with van der Waals surface area (Å²) >= 11 is 2.54. The van der Waals surface area contributed by atoms with Gasteiger partial charge >= 0.3 is 12.1 Å². The molecule has 3 nitrogen and oxygen atoms in total. The molecule has 0 N–H and O–H groups in total. The second-order valence-electron chi connectivity index (χ2n) is 3.02. The van der Waals surface area contributed by atoms with E-state index in [9.17, 15) is 22.0 Å². The van der Waals surface area contributed by atoms with Gasteiger partial charge in [0.05, 0.1) is 0 Å². The molecule has 1 heterocycles. The molecule has 0 aromatic carbocycles. The summed E-state index contributed by atoms with van der Waals surface area (Å²) in [7, 11) is 0. The van der Waals surface area contributed by atoms with Gasteiger partial charge in [-0.15, -0.1) is 5.10 Å². The van der Waals surface area contributed by atoms with E-state index in [0.29, 0.717) is 11.1 Å². The largest absolute Gasteiger partial charge is 0.459 e. The molecule has 0 aliphatic rings. The van der Waals surface area contributed by atoms with Gasteiger partial charge in [-0.05, 0) is 22.4 Å². The molecule has 1 rings (SSSR count). The lowest BCUT2D eigenvalue weighted by Gasteiger charge is -2.20. The molecule has 1 aromatic heterocycles. The third-order valence-corrected chi connectivity index (χ3v) is 2.32. The van der Waals surface area contributed by atoms with Crippen molar-refractivity contribution in [3.63, 3.8) is 0 Å². The first-order valence-corrected chi connectivity index (χ1v) is 5.05. The zero-order valence-corrected chi connectivity index (χ0v) is 9.61. The van der Waals surface area contributed by atoms with Crippen LogP contribution in [0.5, 0.6) is 0 Å². The van der Waals surface area contributed by atoms with Crippen molar-refractivity contribution in [3.05, 3.63) is 10.3 Å². The molecule has 0 saturated carbocycles. The van der Waals surface area contributed by atoms with Crippen LogP contribution in [0.15, 0.2) is 4.60 Å². The van der Waals surface area contributed by atoms with Crippen LogP contribution in [0.3, 0.4) is 0 Å². The molecule has 1 aromatic rings. The minimum absolute atomic E-state index is 0.0559. The third-order valence-electron chi connectivity index (χ3n) is 1.78. The van der Waals surface area contributed by atoms with Gasteiger partial charge in [0.1, 0.15) is 0 Å². The van der Waals surface area contributed by atoms with Crippen LogP contribution in [0.2, 0.25) is 0 Å². The summed E-state index contributed by atoms with van der Waals surface area (Å²) in [6.45, 7) is 1.57. The molecule has 0 spiro atoms. The van der Waals surface area contributed by atoms with E-state index in [2.05, 4.69) is 26.2 Å².